The molecular weight excluding hydrogens is 248 g/mol. The third kappa shape index (κ3) is 3.12. The molecule has 4 unspecified atom stereocenters. The Balaban J connectivity index is 2.11. The van der Waals surface area contributed by atoms with E-state index in [4.69, 9.17) is 9.26 Å². The fourth-order valence-corrected chi connectivity index (χ4v) is 2.68. The van der Waals surface area contributed by atoms with Crippen LogP contribution in [0.3, 0.4) is 0 Å². The number of aliphatic carboxylic acids is 1. The van der Waals surface area contributed by atoms with Crippen molar-refractivity contribution in [1.29, 1.82) is 0 Å². The third-order valence-electron chi connectivity index (χ3n) is 3.79. The van der Waals surface area contributed by atoms with Crippen LogP contribution in [-0.4, -0.2) is 34.4 Å². The number of carboxylic acid groups (broad SMARTS) is 1. The number of rotatable bonds is 5. The van der Waals surface area contributed by atoms with Gasteiger partial charge >= 0.3 is 5.97 Å². The van der Waals surface area contributed by atoms with Crippen molar-refractivity contribution in [1.82, 2.24) is 10.1 Å². The summed E-state index contributed by atoms with van der Waals surface area (Å²) in [6, 6.07) is 0. The maximum atomic E-state index is 11.3. The molecule has 4 atom stereocenters. The van der Waals surface area contributed by atoms with Gasteiger partial charge in [0, 0.05) is 13.5 Å². The summed E-state index contributed by atoms with van der Waals surface area (Å²) in [7, 11) is 1.63. The zero-order chi connectivity index (χ0) is 14.0. The van der Waals surface area contributed by atoms with Gasteiger partial charge in [-0.1, -0.05) is 12.1 Å². The van der Waals surface area contributed by atoms with Crippen LogP contribution in [0.1, 0.15) is 44.3 Å². The standard InChI is InChI=1S/C13H20N2O4/c1-7-4-9(10(5-7)13(16)17)12-14-11(15-19-12)6-8(2)18-3/h7-10H,4-6H2,1-3H3,(H,16,17). The minimum absolute atomic E-state index is 0.0169. The van der Waals surface area contributed by atoms with Crippen LogP contribution < -0.4 is 0 Å². The molecule has 1 aromatic heterocycles. The Morgan fingerprint density at radius 1 is 1.58 bits per heavy atom. The normalized spacial score (nSPS) is 28.5. The lowest BCUT2D eigenvalue weighted by atomic mass is 9.96. The molecule has 0 aromatic carbocycles. The van der Waals surface area contributed by atoms with Gasteiger partial charge in [0.1, 0.15) is 0 Å². The van der Waals surface area contributed by atoms with E-state index in [0.29, 0.717) is 30.5 Å². The van der Waals surface area contributed by atoms with Gasteiger partial charge in [0.15, 0.2) is 5.82 Å². The molecule has 1 heterocycles. The summed E-state index contributed by atoms with van der Waals surface area (Å²) in [6.07, 6.45) is 2.05. The maximum absolute atomic E-state index is 11.3. The van der Waals surface area contributed by atoms with Crippen LogP contribution in [0.2, 0.25) is 0 Å². The van der Waals surface area contributed by atoms with Crippen molar-refractivity contribution < 1.29 is 19.2 Å². The van der Waals surface area contributed by atoms with Crippen molar-refractivity contribution >= 4 is 5.97 Å². The lowest BCUT2D eigenvalue weighted by Gasteiger charge is -2.10. The SMILES string of the molecule is COC(C)Cc1noc(C2CC(C)CC2C(=O)O)n1. The summed E-state index contributed by atoms with van der Waals surface area (Å²) in [5, 5.41) is 13.2. The van der Waals surface area contributed by atoms with Gasteiger partial charge in [0.05, 0.1) is 17.9 Å². The summed E-state index contributed by atoms with van der Waals surface area (Å²) in [5.41, 5.74) is 0. The molecule has 0 spiro atoms. The van der Waals surface area contributed by atoms with Gasteiger partial charge in [0.25, 0.3) is 0 Å². The largest absolute Gasteiger partial charge is 0.481 e. The van der Waals surface area contributed by atoms with Crippen LogP contribution in [0.4, 0.5) is 0 Å². The van der Waals surface area contributed by atoms with E-state index >= 15 is 0 Å². The Morgan fingerprint density at radius 2 is 2.32 bits per heavy atom. The zero-order valence-electron chi connectivity index (χ0n) is 11.5. The van der Waals surface area contributed by atoms with Crippen LogP contribution in [-0.2, 0) is 16.0 Å². The molecule has 1 N–H and O–H groups in total. The summed E-state index contributed by atoms with van der Waals surface area (Å²) in [5.74, 6) is 0.0524. The fourth-order valence-electron chi connectivity index (χ4n) is 2.68. The highest BCUT2D eigenvalue weighted by molar-refractivity contribution is 5.71. The lowest BCUT2D eigenvalue weighted by molar-refractivity contribution is -0.142. The summed E-state index contributed by atoms with van der Waals surface area (Å²) in [4.78, 5) is 15.6. The van der Waals surface area contributed by atoms with E-state index in [2.05, 4.69) is 17.1 Å². The number of methoxy groups -OCH3 is 1. The topological polar surface area (TPSA) is 85.5 Å². The van der Waals surface area contributed by atoms with Crippen molar-refractivity contribution in [2.75, 3.05) is 7.11 Å². The number of aromatic nitrogens is 2. The average molecular weight is 268 g/mol. The maximum Gasteiger partial charge on any atom is 0.307 e. The third-order valence-corrected chi connectivity index (χ3v) is 3.79. The number of nitrogens with zero attached hydrogens (tertiary/aromatic N) is 2. The molecule has 1 aromatic rings. The molecule has 0 saturated heterocycles. The van der Waals surface area contributed by atoms with Crippen LogP contribution in [0.15, 0.2) is 4.52 Å². The van der Waals surface area contributed by atoms with E-state index in [-0.39, 0.29) is 12.0 Å². The molecule has 0 amide bonds. The van der Waals surface area contributed by atoms with Gasteiger partial charge in [-0.05, 0) is 25.7 Å². The van der Waals surface area contributed by atoms with Gasteiger partial charge in [-0.25, -0.2) is 0 Å². The second kappa shape index (κ2) is 5.69. The number of ether oxygens (including phenoxy) is 1. The first kappa shape index (κ1) is 14.0. The highest BCUT2D eigenvalue weighted by Gasteiger charge is 2.41. The van der Waals surface area contributed by atoms with Crippen molar-refractivity contribution in [3.8, 4) is 0 Å². The second-order valence-corrected chi connectivity index (χ2v) is 5.43. The smallest absolute Gasteiger partial charge is 0.307 e. The van der Waals surface area contributed by atoms with Gasteiger partial charge < -0.3 is 14.4 Å². The molecule has 0 aliphatic heterocycles. The molecule has 1 fully saturated rings. The van der Waals surface area contributed by atoms with E-state index in [9.17, 15) is 9.90 Å². The predicted octanol–water partition coefficient (Wildman–Crippen LogP) is 1.86. The van der Waals surface area contributed by atoms with Crippen molar-refractivity contribution in [3.05, 3.63) is 11.7 Å². The van der Waals surface area contributed by atoms with E-state index in [1.54, 1.807) is 7.11 Å². The van der Waals surface area contributed by atoms with Gasteiger partial charge in [-0.3, -0.25) is 4.79 Å². The minimum atomic E-state index is -0.778. The zero-order valence-corrected chi connectivity index (χ0v) is 11.5. The average Bonchev–Trinajstić information content (AvgIpc) is 2.95. The fraction of sp³-hybridized carbons (Fsp3) is 0.769. The van der Waals surface area contributed by atoms with Gasteiger partial charge in [-0.2, -0.15) is 4.98 Å². The molecule has 106 valence electrons. The van der Waals surface area contributed by atoms with E-state index < -0.39 is 11.9 Å². The Bertz CT molecular complexity index is 446. The number of hydrogen-bond donors (Lipinski definition) is 1. The summed E-state index contributed by atoms with van der Waals surface area (Å²) >= 11 is 0. The summed E-state index contributed by atoms with van der Waals surface area (Å²) < 4.78 is 10.4. The molecule has 6 heteroatoms. The van der Waals surface area contributed by atoms with Gasteiger partial charge in [-0.15, -0.1) is 0 Å². The molecule has 0 radical (unpaired) electrons. The number of hydrogen-bond acceptors (Lipinski definition) is 5. The molecule has 6 nitrogen and oxygen atoms in total. The van der Waals surface area contributed by atoms with Crippen molar-refractivity contribution in [2.45, 2.75) is 45.1 Å². The Hall–Kier alpha value is -1.43. The number of carboxylic acids is 1. The van der Waals surface area contributed by atoms with E-state index in [1.165, 1.54) is 0 Å². The highest BCUT2D eigenvalue weighted by Crippen LogP contribution is 2.42. The Morgan fingerprint density at radius 3 is 2.95 bits per heavy atom. The Labute approximate surface area is 112 Å². The van der Waals surface area contributed by atoms with Crippen LogP contribution >= 0.6 is 0 Å². The van der Waals surface area contributed by atoms with Crippen LogP contribution in [0.25, 0.3) is 0 Å². The molecule has 1 aliphatic carbocycles. The minimum Gasteiger partial charge on any atom is -0.481 e. The Kier molecular flexibility index (Phi) is 4.19. The first-order valence-corrected chi connectivity index (χ1v) is 6.59. The van der Waals surface area contributed by atoms with Crippen molar-refractivity contribution in [3.63, 3.8) is 0 Å². The molecule has 2 rings (SSSR count). The van der Waals surface area contributed by atoms with E-state index in [1.807, 2.05) is 6.92 Å². The lowest BCUT2D eigenvalue weighted by Crippen LogP contribution is -2.17. The van der Waals surface area contributed by atoms with Crippen LogP contribution in [0, 0.1) is 11.8 Å². The summed E-state index contributed by atoms with van der Waals surface area (Å²) in [6.45, 7) is 3.98. The number of carbonyl (C=O) groups is 1. The quantitative estimate of drug-likeness (QED) is 0.877. The second-order valence-electron chi connectivity index (χ2n) is 5.43. The molecule has 0 bridgehead atoms. The first-order chi connectivity index (χ1) is 9.01. The van der Waals surface area contributed by atoms with Crippen molar-refractivity contribution in [2.24, 2.45) is 11.8 Å². The van der Waals surface area contributed by atoms with E-state index in [0.717, 1.165) is 6.42 Å². The molecule has 1 aliphatic rings. The molecular formula is C13H20N2O4. The molecule has 19 heavy (non-hydrogen) atoms. The van der Waals surface area contributed by atoms with Crippen LogP contribution in [0.5, 0.6) is 0 Å². The highest BCUT2D eigenvalue weighted by atomic mass is 16.5. The molecule has 1 saturated carbocycles. The predicted molar refractivity (Wildman–Crippen MR) is 66.7 cm³/mol. The van der Waals surface area contributed by atoms with Gasteiger partial charge in [0.2, 0.25) is 5.89 Å². The first-order valence-electron chi connectivity index (χ1n) is 6.59. The monoisotopic (exact) mass is 268 g/mol.